The van der Waals surface area contributed by atoms with Crippen LogP contribution in [0.1, 0.15) is 129 Å². The van der Waals surface area contributed by atoms with E-state index in [9.17, 15) is 13.2 Å². The number of unbranched alkanes of at least 4 members (excludes halogenated alkanes) is 16. The molecule has 0 saturated heterocycles. The smallest absolute Gasteiger partial charge is 0.397 e. The van der Waals surface area contributed by atoms with Crippen molar-refractivity contribution in [1.29, 1.82) is 0 Å². The zero-order valence-electron chi connectivity index (χ0n) is 21.0. The lowest BCUT2D eigenvalue weighted by atomic mass is 10.0. The van der Waals surface area contributed by atoms with Crippen LogP contribution in [0.5, 0.6) is 0 Å². The van der Waals surface area contributed by atoms with E-state index in [1.807, 2.05) is 0 Å². The lowest BCUT2D eigenvalue weighted by molar-refractivity contribution is -0.138. The molecule has 33 heavy (non-hydrogen) atoms. The topological polar surface area (TPSA) is 153 Å². The first kappa shape index (κ1) is 34.4. The summed E-state index contributed by atoms with van der Waals surface area (Å²) in [4.78, 5) is 10.1. The van der Waals surface area contributed by atoms with Gasteiger partial charge in [0.2, 0.25) is 0 Å². The second-order valence-electron chi connectivity index (χ2n) is 8.78. The first-order chi connectivity index (χ1) is 15.7. The van der Waals surface area contributed by atoms with Gasteiger partial charge < -0.3 is 16.6 Å². The van der Waals surface area contributed by atoms with Crippen molar-refractivity contribution in [2.75, 3.05) is 13.2 Å². The number of hydrogen-bond acceptors (Lipinski definition) is 6. The molecule has 200 valence electrons. The molecule has 0 amide bonds. The van der Waals surface area contributed by atoms with Crippen molar-refractivity contribution in [1.82, 2.24) is 0 Å². The SMILES string of the molecule is CCCCCCCCCCCCCCCCCCOS(=O)(=O)O.NCCCC[C@H](N)C(=O)O. The second-order valence-corrected chi connectivity index (χ2v) is 9.87. The average molecular weight is 497 g/mol. The molecule has 0 radical (unpaired) electrons. The van der Waals surface area contributed by atoms with E-state index in [1.54, 1.807) is 0 Å². The molecule has 0 bridgehead atoms. The van der Waals surface area contributed by atoms with Crippen LogP contribution >= 0.6 is 0 Å². The van der Waals surface area contributed by atoms with Crippen LogP contribution < -0.4 is 11.5 Å². The van der Waals surface area contributed by atoms with Gasteiger partial charge in [0.15, 0.2) is 0 Å². The summed E-state index contributed by atoms with van der Waals surface area (Å²) in [6.45, 7) is 2.96. The number of carboxylic acids is 1. The Labute approximate surface area is 203 Å². The first-order valence-corrected chi connectivity index (χ1v) is 14.4. The molecule has 0 spiro atoms. The van der Waals surface area contributed by atoms with Gasteiger partial charge in [0, 0.05) is 0 Å². The zero-order chi connectivity index (χ0) is 25.2. The second kappa shape index (κ2) is 25.9. The molecular weight excluding hydrogens is 444 g/mol. The highest BCUT2D eigenvalue weighted by Crippen LogP contribution is 2.13. The summed E-state index contributed by atoms with van der Waals surface area (Å²) in [5, 5.41) is 8.33. The van der Waals surface area contributed by atoms with Crippen LogP contribution in [0.2, 0.25) is 0 Å². The summed E-state index contributed by atoms with van der Waals surface area (Å²) in [6, 6.07) is -0.716. The maximum atomic E-state index is 10.3. The molecule has 0 saturated carbocycles. The number of aliphatic carboxylic acids is 1. The summed E-state index contributed by atoms with van der Waals surface area (Å²) in [5.74, 6) is -0.933. The van der Waals surface area contributed by atoms with Crippen LogP contribution in [0.4, 0.5) is 0 Å². The minimum atomic E-state index is -4.24. The van der Waals surface area contributed by atoms with Crippen LogP contribution in [-0.2, 0) is 19.4 Å². The fraction of sp³-hybridized carbons (Fsp3) is 0.958. The highest BCUT2D eigenvalue weighted by Gasteiger charge is 2.09. The van der Waals surface area contributed by atoms with Gasteiger partial charge in [-0.15, -0.1) is 0 Å². The van der Waals surface area contributed by atoms with Crippen molar-refractivity contribution in [3.05, 3.63) is 0 Å². The lowest BCUT2D eigenvalue weighted by Gasteiger charge is -2.03. The molecule has 0 aromatic rings. The Morgan fingerprint density at radius 3 is 1.48 bits per heavy atom. The molecule has 0 rings (SSSR count). The Hall–Kier alpha value is -0.740. The summed E-state index contributed by atoms with van der Waals surface area (Å²) in [7, 11) is -4.24. The van der Waals surface area contributed by atoms with Gasteiger partial charge in [-0.25, -0.2) is 4.18 Å². The summed E-state index contributed by atoms with van der Waals surface area (Å²) in [6.07, 6.45) is 22.6. The normalized spacial score (nSPS) is 12.2. The fourth-order valence-electron chi connectivity index (χ4n) is 3.45. The largest absolute Gasteiger partial charge is 0.480 e. The van der Waals surface area contributed by atoms with Gasteiger partial charge in [-0.1, -0.05) is 110 Å². The molecule has 6 N–H and O–H groups in total. The van der Waals surface area contributed by atoms with Crippen molar-refractivity contribution in [2.24, 2.45) is 11.5 Å². The summed E-state index contributed by atoms with van der Waals surface area (Å²) in [5.41, 5.74) is 10.4. The molecule has 9 heteroatoms. The molecule has 1 atom stereocenters. The molecule has 0 aliphatic carbocycles. The van der Waals surface area contributed by atoms with Crippen LogP contribution in [0.15, 0.2) is 0 Å². The van der Waals surface area contributed by atoms with Crippen molar-refractivity contribution in [3.63, 3.8) is 0 Å². The third-order valence-electron chi connectivity index (χ3n) is 5.52. The molecular formula is C24H52N2O6S. The van der Waals surface area contributed by atoms with E-state index in [0.717, 1.165) is 25.7 Å². The number of carboxylic acid groups (broad SMARTS) is 1. The Kier molecular flexibility index (Phi) is 27.0. The first-order valence-electron chi connectivity index (χ1n) is 13.0. The van der Waals surface area contributed by atoms with Crippen LogP contribution in [-0.4, -0.2) is 43.2 Å². The van der Waals surface area contributed by atoms with Gasteiger partial charge in [-0.2, -0.15) is 8.42 Å². The molecule has 0 heterocycles. The molecule has 0 aromatic heterocycles. The summed E-state index contributed by atoms with van der Waals surface area (Å²) < 4.78 is 33.3. The minimum absolute atomic E-state index is 0.0945. The number of nitrogens with two attached hydrogens (primary N) is 2. The van der Waals surface area contributed by atoms with Crippen LogP contribution in [0.25, 0.3) is 0 Å². The lowest BCUT2D eigenvalue weighted by Crippen LogP contribution is -2.29. The fourth-order valence-corrected chi connectivity index (χ4v) is 3.77. The third kappa shape index (κ3) is 33.5. The highest BCUT2D eigenvalue weighted by molar-refractivity contribution is 7.80. The summed E-state index contributed by atoms with van der Waals surface area (Å²) >= 11 is 0. The standard InChI is InChI=1S/C18H38O4S.C6H14N2O2/c1-2-3-4-5-6-7-8-9-10-11-12-13-14-15-16-17-18-22-23(19,20)21;7-4-2-1-3-5(8)6(9)10/h2-18H2,1H3,(H,19,20,21);5H,1-4,7-8H2,(H,9,10)/t;5-/m.0/s1. The third-order valence-corrected chi connectivity index (χ3v) is 5.98. The molecule has 0 unspecified atom stereocenters. The molecule has 0 fully saturated rings. The molecule has 0 aromatic carbocycles. The number of carbonyl (C=O) groups is 1. The number of rotatable bonds is 23. The van der Waals surface area contributed by atoms with E-state index in [2.05, 4.69) is 11.1 Å². The quantitative estimate of drug-likeness (QED) is 0.105. The van der Waals surface area contributed by atoms with E-state index < -0.39 is 22.4 Å². The Morgan fingerprint density at radius 1 is 0.758 bits per heavy atom. The number of hydrogen-bond donors (Lipinski definition) is 4. The minimum Gasteiger partial charge on any atom is -0.480 e. The Balaban J connectivity index is 0. The van der Waals surface area contributed by atoms with E-state index in [0.29, 0.717) is 19.4 Å². The van der Waals surface area contributed by atoms with Crippen LogP contribution in [0, 0.1) is 0 Å². The van der Waals surface area contributed by atoms with Gasteiger partial charge in [0.25, 0.3) is 0 Å². The monoisotopic (exact) mass is 496 g/mol. The van der Waals surface area contributed by atoms with Gasteiger partial charge >= 0.3 is 16.4 Å². The van der Waals surface area contributed by atoms with E-state index >= 15 is 0 Å². The molecule has 0 aliphatic heterocycles. The van der Waals surface area contributed by atoms with Gasteiger partial charge in [-0.05, 0) is 25.8 Å². The zero-order valence-corrected chi connectivity index (χ0v) is 21.8. The Morgan fingerprint density at radius 2 is 1.15 bits per heavy atom. The van der Waals surface area contributed by atoms with Crippen molar-refractivity contribution in [2.45, 2.75) is 135 Å². The molecule has 8 nitrogen and oxygen atoms in total. The predicted octanol–water partition coefficient (Wildman–Crippen LogP) is 5.59. The van der Waals surface area contributed by atoms with Gasteiger partial charge in [-0.3, -0.25) is 9.35 Å². The van der Waals surface area contributed by atoms with Crippen molar-refractivity contribution < 1.29 is 27.1 Å². The van der Waals surface area contributed by atoms with E-state index in [-0.39, 0.29) is 6.61 Å². The molecule has 0 aliphatic rings. The Bertz CT molecular complexity index is 517. The highest BCUT2D eigenvalue weighted by atomic mass is 32.3. The van der Waals surface area contributed by atoms with E-state index in [1.165, 1.54) is 83.5 Å². The van der Waals surface area contributed by atoms with Crippen LogP contribution in [0.3, 0.4) is 0 Å². The predicted molar refractivity (Wildman–Crippen MR) is 136 cm³/mol. The average Bonchev–Trinajstić information content (AvgIpc) is 2.75. The maximum absolute atomic E-state index is 10.3. The maximum Gasteiger partial charge on any atom is 0.397 e. The van der Waals surface area contributed by atoms with Gasteiger partial charge in [0.05, 0.1) is 6.61 Å². The van der Waals surface area contributed by atoms with Gasteiger partial charge in [0.1, 0.15) is 6.04 Å². The van der Waals surface area contributed by atoms with Crippen molar-refractivity contribution in [3.8, 4) is 0 Å². The van der Waals surface area contributed by atoms with Crippen molar-refractivity contribution >= 4 is 16.4 Å². The van der Waals surface area contributed by atoms with E-state index in [4.69, 9.17) is 21.1 Å².